The predicted octanol–water partition coefficient (Wildman–Crippen LogP) is 6.61. The lowest BCUT2D eigenvalue weighted by Crippen LogP contribution is -2.54. The molecule has 3 saturated heterocycles. The van der Waals surface area contributed by atoms with Crippen molar-refractivity contribution in [1.82, 2.24) is 29.7 Å². The van der Waals surface area contributed by atoms with Crippen molar-refractivity contribution < 1.29 is 22.7 Å². The van der Waals surface area contributed by atoms with Gasteiger partial charge in [0.1, 0.15) is 23.2 Å². The van der Waals surface area contributed by atoms with Crippen LogP contribution in [-0.2, 0) is 4.79 Å². The molecule has 1 amide bonds. The van der Waals surface area contributed by atoms with Gasteiger partial charge in [-0.2, -0.15) is 9.97 Å². The lowest BCUT2D eigenvalue weighted by Gasteiger charge is -2.40. The Labute approximate surface area is 300 Å². The van der Waals surface area contributed by atoms with Gasteiger partial charge in [0, 0.05) is 73.2 Å². The molecule has 3 aliphatic heterocycles. The molecular weight excluding hydrogens is 667 g/mol. The number of carbonyl (C=O) groups excluding carboxylic acids is 1. The van der Waals surface area contributed by atoms with Crippen LogP contribution in [0.2, 0.25) is 0 Å². The van der Waals surface area contributed by atoms with Crippen LogP contribution in [0.4, 0.5) is 19.0 Å². The van der Waals surface area contributed by atoms with E-state index in [0.29, 0.717) is 47.2 Å². The number of hydrogen-bond acceptors (Lipinski definition) is 8. The summed E-state index contributed by atoms with van der Waals surface area (Å²) in [6.45, 7) is 4.50. The van der Waals surface area contributed by atoms with Crippen LogP contribution in [-0.4, -0.2) is 93.7 Å². The van der Waals surface area contributed by atoms with Gasteiger partial charge in [0.25, 0.3) is 5.91 Å². The highest BCUT2D eigenvalue weighted by molar-refractivity contribution is 6.02. The Bertz CT molecular complexity index is 2170. The number of anilines is 1. The predicted molar refractivity (Wildman–Crippen MR) is 196 cm³/mol. The summed E-state index contributed by atoms with van der Waals surface area (Å²) in [5, 5.41) is 1.97. The van der Waals surface area contributed by atoms with Crippen molar-refractivity contribution >= 4 is 39.5 Å². The van der Waals surface area contributed by atoms with Gasteiger partial charge in [-0.3, -0.25) is 19.7 Å². The van der Waals surface area contributed by atoms with Crippen molar-refractivity contribution in [3.05, 3.63) is 89.9 Å². The Morgan fingerprint density at radius 2 is 1.87 bits per heavy atom. The van der Waals surface area contributed by atoms with Crippen molar-refractivity contribution in [3.8, 4) is 29.6 Å². The van der Waals surface area contributed by atoms with E-state index in [-0.39, 0.29) is 36.4 Å². The molecule has 5 aromatic rings. The van der Waals surface area contributed by atoms with Crippen molar-refractivity contribution in [2.75, 3.05) is 44.7 Å². The average Bonchev–Trinajstić information content (AvgIpc) is 3.75. The third-order valence-corrected chi connectivity index (χ3v) is 9.95. The van der Waals surface area contributed by atoms with Gasteiger partial charge < -0.3 is 14.5 Å². The third kappa shape index (κ3) is 6.88. The second-order valence-electron chi connectivity index (χ2n) is 13.2. The highest BCUT2D eigenvalue weighted by Gasteiger charge is 2.35. The monoisotopic (exact) mass is 705 g/mol. The largest absolute Gasteiger partial charge is 0.467 e. The zero-order valence-electron chi connectivity index (χ0n) is 29.0. The molecule has 3 unspecified atom stereocenters. The number of hydrogen-bond donors (Lipinski definition) is 0. The normalized spacial score (nSPS) is 20.4. The molecule has 0 aliphatic carbocycles. The number of halogens is 3. The van der Waals surface area contributed by atoms with E-state index < -0.39 is 23.7 Å². The van der Waals surface area contributed by atoms with Crippen LogP contribution in [0.5, 0.6) is 6.01 Å². The van der Waals surface area contributed by atoms with Gasteiger partial charge in [0.15, 0.2) is 11.6 Å². The summed E-state index contributed by atoms with van der Waals surface area (Å²) >= 11 is 0. The number of pyridine rings is 2. The molecule has 8 rings (SSSR count). The van der Waals surface area contributed by atoms with Gasteiger partial charge in [-0.05, 0) is 56.3 Å². The number of alkyl halides is 1. The molecule has 0 spiro atoms. The average molecular weight is 706 g/mol. The standard InChI is InChI=1S/C33H26F2N6O2.C7H12FN/c1-4-21-9-7-10-22-11-8-13-24(27(21)22)29-28(35)30-25(18-37-29)31(39-33(38-30)43-3)41-16-15-40(19-20(41)2)32(42)26(34)17-23-12-5-6-14-36-23;8-6-4-7-2-1-3-9(7)5-6/h1,5-14,17-18,20H,15-16,19H2,2-3H3;6-7H,1-5H2/b26-17-;. The van der Waals surface area contributed by atoms with Crippen LogP contribution >= 0.6 is 0 Å². The van der Waals surface area contributed by atoms with Crippen LogP contribution in [0.1, 0.15) is 37.4 Å². The number of nitrogens with zero attached hydrogens (tertiary/aromatic N) is 7. The quantitative estimate of drug-likeness (QED) is 0.149. The number of carbonyl (C=O) groups is 1. The SMILES string of the molecule is C#Cc1cccc2cccc(-c3ncc4c(N5CCN(C(=O)/C(F)=C/c6ccccn6)CC5C)nc(OC)nc4c3F)c12.FC1CC2CCCN2C1. The summed E-state index contributed by atoms with van der Waals surface area (Å²) in [5.41, 5.74) is 1.67. The number of methoxy groups -OCH3 is 1. The molecule has 266 valence electrons. The molecule has 0 N–H and O–H groups in total. The fourth-order valence-corrected chi connectivity index (χ4v) is 7.47. The molecule has 3 aromatic heterocycles. The van der Waals surface area contributed by atoms with E-state index in [4.69, 9.17) is 11.2 Å². The van der Waals surface area contributed by atoms with Gasteiger partial charge in [-0.1, -0.05) is 42.3 Å². The van der Waals surface area contributed by atoms with Crippen LogP contribution in [0, 0.1) is 18.2 Å². The number of ether oxygens (including phenoxy) is 1. The minimum Gasteiger partial charge on any atom is -0.467 e. The molecule has 9 nitrogen and oxygen atoms in total. The molecule has 0 bridgehead atoms. The molecule has 0 radical (unpaired) electrons. The first-order chi connectivity index (χ1) is 25.2. The van der Waals surface area contributed by atoms with Crippen molar-refractivity contribution in [2.45, 2.75) is 44.4 Å². The number of piperazine rings is 1. The van der Waals surface area contributed by atoms with E-state index in [1.165, 1.54) is 31.0 Å². The summed E-state index contributed by atoms with van der Waals surface area (Å²) in [5.74, 6) is 0.837. The van der Waals surface area contributed by atoms with Gasteiger partial charge in [0.05, 0.1) is 18.2 Å². The first-order valence-corrected chi connectivity index (χ1v) is 17.4. The molecule has 3 aliphatic rings. The number of amides is 1. The highest BCUT2D eigenvalue weighted by Crippen LogP contribution is 2.37. The smallest absolute Gasteiger partial charge is 0.318 e. The molecule has 3 fully saturated rings. The molecule has 6 heterocycles. The fourth-order valence-electron chi connectivity index (χ4n) is 7.47. The topological polar surface area (TPSA) is 87.6 Å². The zero-order valence-corrected chi connectivity index (χ0v) is 29.0. The lowest BCUT2D eigenvalue weighted by atomic mass is 9.97. The molecule has 2 aromatic carbocycles. The highest BCUT2D eigenvalue weighted by atomic mass is 19.1. The minimum atomic E-state index is -0.895. The number of aromatic nitrogens is 4. The second-order valence-corrected chi connectivity index (χ2v) is 13.2. The van der Waals surface area contributed by atoms with E-state index in [2.05, 4.69) is 30.8 Å². The maximum Gasteiger partial charge on any atom is 0.318 e. The zero-order chi connectivity index (χ0) is 36.4. The third-order valence-electron chi connectivity index (χ3n) is 9.95. The van der Waals surface area contributed by atoms with E-state index in [0.717, 1.165) is 29.8 Å². The van der Waals surface area contributed by atoms with Crippen LogP contribution < -0.4 is 9.64 Å². The fraction of sp³-hybridized carbons (Fsp3) is 0.325. The van der Waals surface area contributed by atoms with E-state index in [1.807, 2.05) is 36.1 Å². The number of fused-ring (bicyclic) bond motifs is 3. The second kappa shape index (κ2) is 15.0. The minimum absolute atomic E-state index is 0.0178. The van der Waals surface area contributed by atoms with E-state index >= 15 is 4.39 Å². The number of rotatable bonds is 5. The van der Waals surface area contributed by atoms with Crippen LogP contribution in [0.25, 0.3) is 39.0 Å². The lowest BCUT2D eigenvalue weighted by molar-refractivity contribution is -0.129. The van der Waals surface area contributed by atoms with Gasteiger partial charge in [-0.15, -0.1) is 6.42 Å². The van der Waals surface area contributed by atoms with Gasteiger partial charge >= 0.3 is 6.01 Å². The molecule has 3 atom stereocenters. The Kier molecular flexibility index (Phi) is 10.0. The maximum absolute atomic E-state index is 16.3. The molecule has 0 saturated carbocycles. The van der Waals surface area contributed by atoms with Crippen molar-refractivity contribution in [1.29, 1.82) is 0 Å². The first kappa shape index (κ1) is 34.9. The summed E-state index contributed by atoms with van der Waals surface area (Å²) in [6, 6.07) is 16.4. The van der Waals surface area contributed by atoms with Gasteiger partial charge in [0.2, 0.25) is 0 Å². The molecule has 52 heavy (non-hydrogen) atoms. The summed E-state index contributed by atoms with van der Waals surface area (Å²) < 4.78 is 49.1. The van der Waals surface area contributed by atoms with Crippen molar-refractivity contribution in [2.24, 2.45) is 0 Å². The Balaban J connectivity index is 0.000000404. The summed E-state index contributed by atoms with van der Waals surface area (Å²) in [4.78, 5) is 36.0. The van der Waals surface area contributed by atoms with E-state index in [1.54, 1.807) is 36.5 Å². The van der Waals surface area contributed by atoms with Crippen molar-refractivity contribution in [3.63, 3.8) is 0 Å². The molecular formula is C40H38F3N7O2. The summed E-state index contributed by atoms with van der Waals surface area (Å²) in [6.07, 6.45) is 12.8. The Morgan fingerprint density at radius 1 is 1.04 bits per heavy atom. The van der Waals surface area contributed by atoms with Crippen LogP contribution in [0.15, 0.2) is 72.8 Å². The Morgan fingerprint density at radius 3 is 2.60 bits per heavy atom. The van der Waals surface area contributed by atoms with Gasteiger partial charge in [-0.25, -0.2) is 13.2 Å². The number of terminal acetylenes is 1. The molecule has 12 heteroatoms. The first-order valence-electron chi connectivity index (χ1n) is 17.4. The Hall–Kier alpha value is -5.54. The van der Waals surface area contributed by atoms with E-state index in [9.17, 15) is 13.6 Å². The number of benzene rings is 2. The van der Waals surface area contributed by atoms with Crippen LogP contribution in [0.3, 0.4) is 0 Å². The maximum atomic E-state index is 16.3. The summed E-state index contributed by atoms with van der Waals surface area (Å²) in [7, 11) is 1.41.